The highest BCUT2D eigenvalue weighted by Crippen LogP contribution is 2.31. The van der Waals surface area contributed by atoms with Crippen LogP contribution in [0.2, 0.25) is 0 Å². The van der Waals surface area contributed by atoms with Gasteiger partial charge < -0.3 is 36.4 Å². The van der Waals surface area contributed by atoms with Crippen LogP contribution in [0.1, 0.15) is 44.7 Å². The number of hydrogen-bond acceptors (Lipinski definition) is 6. The number of anilines is 2. The molecular weight excluding hydrogens is 558 g/mol. The second-order valence-corrected chi connectivity index (χ2v) is 11.8. The van der Waals surface area contributed by atoms with E-state index < -0.39 is 23.7 Å². The molecular formula is C34H43N5O5. The van der Waals surface area contributed by atoms with E-state index in [4.69, 9.17) is 5.11 Å². The van der Waals surface area contributed by atoms with E-state index in [1.807, 2.05) is 86.6 Å². The first kappa shape index (κ1) is 32.7. The number of aryl methyl sites for hydroxylation is 1. The van der Waals surface area contributed by atoms with Gasteiger partial charge in [0, 0.05) is 36.3 Å². The molecule has 0 aliphatic carbocycles. The van der Waals surface area contributed by atoms with Crippen LogP contribution >= 0.6 is 0 Å². The fraction of sp³-hybridized carbons (Fsp3) is 0.382. The summed E-state index contributed by atoms with van der Waals surface area (Å²) in [6, 6.07) is 22.1. The van der Waals surface area contributed by atoms with Crippen LogP contribution in [0.4, 0.5) is 16.2 Å². The molecule has 0 fully saturated rings. The summed E-state index contributed by atoms with van der Waals surface area (Å²) in [6.07, 6.45) is 0.782. The molecule has 4 amide bonds. The Hall–Kier alpha value is -4.25. The Morgan fingerprint density at radius 2 is 1.73 bits per heavy atom. The Bertz CT molecular complexity index is 1440. The van der Waals surface area contributed by atoms with Crippen molar-refractivity contribution in [1.29, 1.82) is 0 Å². The topological polar surface area (TPSA) is 143 Å². The number of nitrogens with one attached hydrogen (secondary N) is 4. The number of aliphatic hydroxyl groups excluding tert-OH is 2. The molecule has 10 nitrogen and oxygen atoms in total. The molecule has 3 aromatic carbocycles. The van der Waals surface area contributed by atoms with Gasteiger partial charge >= 0.3 is 6.03 Å². The fourth-order valence-corrected chi connectivity index (χ4v) is 5.30. The first-order chi connectivity index (χ1) is 21.1. The average Bonchev–Trinajstić information content (AvgIpc) is 3.12. The van der Waals surface area contributed by atoms with Crippen LogP contribution in [0, 0.1) is 0 Å². The second-order valence-electron chi connectivity index (χ2n) is 11.8. The quantitative estimate of drug-likeness (QED) is 0.187. The van der Waals surface area contributed by atoms with E-state index in [1.54, 1.807) is 11.8 Å². The van der Waals surface area contributed by atoms with Crippen LogP contribution in [-0.2, 0) is 22.6 Å². The Morgan fingerprint density at radius 1 is 1.02 bits per heavy atom. The molecule has 0 unspecified atom stereocenters. The van der Waals surface area contributed by atoms with E-state index in [-0.39, 0.29) is 31.4 Å². The number of aliphatic hydroxyl groups is 2. The van der Waals surface area contributed by atoms with Crippen molar-refractivity contribution in [2.75, 3.05) is 29.9 Å². The standard InChI is InChI=1S/C34H43N5O5/c1-23(41)21-36-34(2,3)20-31(42)37-29-17-16-26-8-4-7-11-30(26)39(32(29)43)22-24-12-14-25(15-13-24)27-9-5-6-10-28(27)38-33(44)35-18-19-40/h4-15,23,29,36,40-41H,16-22H2,1-3H3,(H,37,42)(H2,35,38,44)/t23-,29-/m1/s1. The van der Waals surface area contributed by atoms with Gasteiger partial charge in [0.2, 0.25) is 11.8 Å². The molecule has 0 radical (unpaired) electrons. The number of β-amino-alcohol motifs (C(OH)–C–C–N with tert-alkyl or cyclic N) is 1. The summed E-state index contributed by atoms with van der Waals surface area (Å²) in [5.41, 5.74) is 4.62. The molecule has 1 aliphatic rings. The van der Waals surface area contributed by atoms with Crippen LogP contribution in [-0.4, -0.2) is 65.4 Å². The largest absolute Gasteiger partial charge is 0.395 e. The maximum Gasteiger partial charge on any atom is 0.319 e. The summed E-state index contributed by atoms with van der Waals surface area (Å²) in [6.45, 7) is 6.19. The van der Waals surface area contributed by atoms with E-state index in [9.17, 15) is 19.5 Å². The summed E-state index contributed by atoms with van der Waals surface area (Å²) in [5.74, 6) is -0.385. The van der Waals surface area contributed by atoms with Gasteiger partial charge in [0.25, 0.3) is 0 Å². The maximum absolute atomic E-state index is 13.9. The van der Waals surface area contributed by atoms with Gasteiger partial charge in [0.15, 0.2) is 0 Å². The Balaban J connectivity index is 1.50. The highest BCUT2D eigenvalue weighted by Gasteiger charge is 2.32. The van der Waals surface area contributed by atoms with Gasteiger partial charge in [-0.3, -0.25) is 9.59 Å². The van der Waals surface area contributed by atoms with E-state index in [1.165, 1.54) is 0 Å². The maximum atomic E-state index is 13.9. The van der Waals surface area contributed by atoms with Crippen molar-refractivity contribution in [2.45, 2.75) is 64.3 Å². The van der Waals surface area contributed by atoms with Crippen LogP contribution in [0.25, 0.3) is 11.1 Å². The van der Waals surface area contributed by atoms with E-state index >= 15 is 0 Å². The molecule has 44 heavy (non-hydrogen) atoms. The fourth-order valence-electron chi connectivity index (χ4n) is 5.30. The molecule has 2 atom stereocenters. The zero-order valence-electron chi connectivity index (χ0n) is 25.6. The number of urea groups is 1. The molecule has 234 valence electrons. The minimum atomic E-state index is -0.670. The number of nitrogens with zero attached hydrogens (tertiary/aromatic N) is 1. The molecule has 1 aliphatic heterocycles. The number of benzene rings is 3. The third-order valence-electron chi connectivity index (χ3n) is 7.54. The van der Waals surface area contributed by atoms with Gasteiger partial charge in [-0.15, -0.1) is 0 Å². The van der Waals surface area contributed by atoms with Crippen LogP contribution in [0.3, 0.4) is 0 Å². The number of fused-ring (bicyclic) bond motifs is 1. The third-order valence-corrected chi connectivity index (χ3v) is 7.54. The van der Waals surface area contributed by atoms with Gasteiger partial charge in [-0.2, -0.15) is 0 Å². The lowest BCUT2D eigenvalue weighted by molar-refractivity contribution is -0.128. The number of hydrogen-bond donors (Lipinski definition) is 6. The number of amides is 4. The molecule has 0 bridgehead atoms. The van der Waals surface area contributed by atoms with Gasteiger partial charge in [0.05, 0.1) is 24.9 Å². The summed E-state index contributed by atoms with van der Waals surface area (Å²) < 4.78 is 0. The molecule has 0 saturated heterocycles. The first-order valence-corrected chi connectivity index (χ1v) is 15.0. The van der Waals surface area contributed by atoms with Crippen molar-refractivity contribution in [2.24, 2.45) is 0 Å². The number of carbonyl (C=O) groups is 3. The minimum absolute atomic E-state index is 0.145. The number of carbonyl (C=O) groups excluding carboxylic acids is 3. The normalized spacial score (nSPS) is 15.6. The Kier molecular flexibility index (Phi) is 11.1. The van der Waals surface area contributed by atoms with E-state index in [0.29, 0.717) is 31.6 Å². The molecule has 6 N–H and O–H groups in total. The van der Waals surface area contributed by atoms with Crippen molar-refractivity contribution in [1.82, 2.24) is 16.0 Å². The molecule has 1 heterocycles. The van der Waals surface area contributed by atoms with Gasteiger partial charge in [-0.25, -0.2) is 4.79 Å². The van der Waals surface area contributed by atoms with Crippen molar-refractivity contribution >= 4 is 29.2 Å². The number of rotatable bonds is 12. The summed E-state index contributed by atoms with van der Waals surface area (Å²) >= 11 is 0. The molecule has 10 heteroatoms. The molecule has 0 aromatic heterocycles. The van der Waals surface area contributed by atoms with Crippen LogP contribution < -0.4 is 26.2 Å². The Morgan fingerprint density at radius 3 is 2.45 bits per heavy atom. The highest BCUT2D eigenvalue weighted by molar-refractivity contribution is 6.00. The molecule has 0 saturated carbocycles. The van der Waals surface area contributed by atoms with Gasteiger partial charge in [0.1, 0.15) is 6.04 Å². The summed E-state index contributed by atoms with van der Waals surface area (Å²) in [5, 5.41) is 30.2. The lowest BCUT2D eigenvalue weighted by Crippen LogP contribution is -2.51. The highest BCUT2D eigenvalue weighted by atomic mass is 16.3. The van der Waals surface area contributed by atoms with Crippen molar-refractivity contribution < 1.29 is 24.6 Å². The molecule has 3 aromatic rings. The summed E-state index contributed by atoms with van der Waals surface area (Å²) in [4.78, 5) is 40.9. The SMILES string of the molecule is C[C@@H](O)CNC(C)(C)CC(=O)N[C@@H]1CCc2ccccc2N(Cc2ccc(-c3ccccc3NC(=O)NCCO)cc2)C1=O. The van der Waals surface area contributed by atoms with Crippen molar-refractivity contribution in [3.8, 4) is 11.1 Å². The van der Waals surface area contributed by atoms with Gasteiger partial charge in [-0.05, 0) is 62.4 Å². The zero-order valence-corrected chi connectivity index (χ0v) is 25.6. The predicted octanol–water partition coefficient (Wildman–Crippen LogP) is 3.57. The van der Waals surface area contributed by atoms with Crippen LogP contribution in [0.5, 0.6) is 0 Å². The smallest absolute Gasteiger partial charge is 0.319 e. The predicted molar refractivity (Wildman–Crippen MR) is 172 cm³/mol. The van der Waals surface area contributed by atoms with Crippen molar-refractivity contribution in [3.63, 3.8) is 0 Å². The number of para-hydroxylation sites is 2. The monoisotopic (exact) mass is 601 g/mol. The second kappa shape index (κ2) is 15.0. The zero-order chi connectivity index (χ0) is 31.7. The lowest BCUT2D eigenvalue weighted by atomic mass is 9.99. The Labute approximate surface area is 258 Å². The van der Waals surface area contributed by atoms with Gasteiger partial charge in [-0.1, -0.05) is 60.7 Å². The van der Waals surface area contributed by atoms with E-state index in [0.717, 1.165) is 27.9 Å². The lowest BCUT2D eigenvalue weighted by Gasteiger charge is -2.29. The van der Waals surface area contributed by atoms with Crippen molar-refractivity contribution in [3.05, 3.63) is 83.9 Å². The summed E-state index contributed by atoms with van der Waals surface area (Å²) in [7, 11) is 0. The van der Waals surface area contributed by atoms with E-state index in [2.05, 4.69) is 21.3 Å². The molecule has 0 spiro atoms. The minimum Gasteiger partial charge on any atom is -0.395 e. The van der Waals surface area contributed by atoms with Crippen LogP contribution in [0.15, 0.2) is 72.8 Å². The third kappa shape index (κ3) is 8.89. The molecule has 4 rings (SSSR count). The average molecular weight is 602 g/mol. The first-order valence-electron chi connectivity index (χ1n) is 15.0.